The van der Waals surface area contributed by atoms with Crippen LogP contribution in [0.2, 0.25) is 0 Å². The Bertz CT molecular complexity index is 1170. The van der Waals surface area contributed by atoms with Crippen molar-refractivity contribution in [1.82, 2.24) is 19.1 Å². The van der Waals surface area contributed by atoms with Crippen LogP contribution in [0.25, 0.3) is 17.2 Å². The molecule has 0 bridgehead atoms. The van der Waals surface area contributed by atoms with Crippen molar-refractivity contribution in [3.63, 3.8) is 0 Å². The first-order chi connectivity index (χ1) is 13.9. The zero-order valence-corrected chi connectivity index (χ0v) is 17.1. The minimum atomic E-state index is -0.493. The van der Waals surface area contributed by atoms with E-state index in [1.807, 2.05) is 49.4 Å². The number of allylic oxidation sites excluding steroid dienone is 1. The average Bonchev–Trinajstić information content (AvgIpc) is 3.07. The summed E-state index contributed by atoms with van der Waals surface area (Å²) in [5.74, 6) is 0.880. The largest absolute Gasteiger partial charge is 0.329 e. The number of aryl methyl sites for hydroxylation is 2. The lowest BCUT2D eigenvalue weighted by molar-refractivity contribution is 0.524. The van der Waals surface area contributed by atoms with Gasteiger partial charge in [-0.15, -0.1) is 0 Å². The van der Waals surface area contributed by atoms with E-state index in [2.05, 4.69) is 34.3 Å². The Morgan fingerprint density at radius 2 is 2.00 bits per heavy atom. The molecule has 8 heteroatoms. The van der Waals surface area contributed by atoms with Crippen molar-refractivity contribution in [3.05, 3.63) is 62.8 Å². The van der Waals surface area contributed by atoms with Crippen LogP contribution in [-0.4, -0.2) is 24.8 Å². The zero-order chi connectivity index (χ0) is 21.0. The smallest absolute Gasteiger partial charge is 0.303 e. The van der Waals surface area contributed by atoms with Crippen LogP contribution in [-0.2, 0) is 13.6 Å². The SMILES string of the molecule is CC(/C=C/c1ccccc1)=N\Nc1nc2c(c(=O)[nH]c(=O)n2C)n1CCC(C)C. The number of benzene rings is 1. The minimum absolute atomic E-state index is 0.331. The highest BCUT2D eigenvalue weighted by atomic mass is 16.2. The number of nitrogens with one attached hydrogen (secondary N) is 2. The number of anilines is 1. The molecule has 0 spiro atoms. The molecule has 0 aliphatic heterocycles. The summed E-state index contributed by atoms with van der Waals surface area (Å²) in [6.45, 7) is 6.69. The third-order valence-electron chi connectivity index (χ3n) is 4.59. The van der Waals surface area contributed by atoms with E-state index in [1.54, 1.807) is 11.6 Å². The number of hydrazone groups is 1. The van der Waals surface area contributed by atoms with Crippen LogP contribution in [0.5, 0.6) is 0 Å². The summed E-state index contributed by atoms with van der Waals surface area (Å²) in [7, 11) is 1.58. The maximum absolute atomic E-state index is 12.4. The standard InChI is InChI=1S/C21H26N6O2/c1-14(2)12-13-27-17-18(26(4)21(29)23-19(17)28)22-20(27)25-24-15(3)10-11-16-8-6-5-7-9-16/h5-11,14H,12-13H2,1-4H3,(H,22,25)(H,23,28,29)/b11-10+,24-15+. The number of fused-ring (bicyclic) bond motifs is 1. The van der Waals surface area contributed by atoms with Crippen molar-refractivity contribution in [2.75, 3.05) is 5.43 Å². The summed E-state index contributed by atoms with van der Waals surface area (Å²) >= 11 is 0. The summed E-state index contributed by atoms with van der Waals surface area (Å²) in [4.78, 5) is 31.2. The fourth-order valence-electron chi connectivity index (χ4n) is 2.88. The molecule has 0 atom stereocenters. The quantitative estimate of drug-likeness (QED) is 0.475. The van der Waals surface area contributed by atoms with Crippen LogP contribution >= 0.6 is 0 Å². The summed E-state index contributed by atoms with van der Waals surface area (Å²) in [6.07, 6.45) is 4.72. The number of rotatable bonds is 7. The van der Waals surface area contributed by atoms with E-state index in [0.29, 0.717) is 29.6 Å². The summed E-state index contributed by atoms with van der Waals surface area (Å²) in [6, 6.07) is 9.94. The van der Waals surface area contributed by atoms with Crippen LogP contribution < -0.4 is 16.7 Å². The van der Waals surface area contributed by atoms with Crippen molar-refractivity contribution in [2.45, 2.75) is 33.7 Å². The third kappa shape index (κ3) is 4.71. The van der Waals surface area contributed by atoms with Crippen molar-refractivity contribution in [2.24, 2.45) is 18.1 Å². The van der Waals surface area contributed by atoms with Crippen LogP contribution in [0.15, 0.2) is 51.1 Å². The van der Waals surface area contributed by atoms with Gasteiger partial charge in [0.25, 0.3) is 5.56 Å². The molecule has 1 aromatic carbocycles. The highest BCUT2D eigenvalue weighted by Gasteiger charge is 2.17. The normalized spacial score (nSPS) is 12.4. The molecule has 0 radical (unpaired) electrons. The van der Waals surface area contributed by atoms with Gasteiger partial charge in [0, 0.05) is 13.6 Å². The molecule has 3 rings (SSSR count). The molecule has 0 saturated heterocycles. The highest BCUT2D eigenvalue weighted by Crippen LogP contribution is 2.17. The maximum atomic E-state index is 12.4. The van der Waals surface area contributed by atoms with Crippen molar-refractivity contribution in [3.8, 4) is 0 Å². The maximum Gasteiger partial charge on any atom is 0.329 e. The second-order valence-corrected chi connectivity index (χ2v) is 7.37. The molecule has 0 unspecified atom stereocenters. The molecule has 2 N–H and O–H groups in total. The predicted octanol–water partition coefficient (Wildman–Crippen LogP) is 2.97. The van der Waals surface area contributed by atoms with Crippen molar-refractivity contribution in [1.29, 1.82) is 0 Å². The number of H-pyrrole nitrogens is 1. The first kappa shape index (κ1) is 20.3. The number of hydrogen-bond donors (Lipinski definition) is 2. The second-order valence-electron chi connectivity index (χ2n) is 7.37. The fraction of sp³-hybridized carbons (Fsp3) is 0.333. The van der Waals surface area contributed by atoms with Gasteiger partial charge in [-0.1, -0.05) is 50.3 Å². The molecule has 0 aliphatic rings. The second kappa shape index (κ2) is 8.72. The van der Waals surface area contributed by atoms with Crippen LogP contribution in [0, 0.1) is 5.92 Å². The topological polar surface area (TPSA) is 97.1 Å². The van der Waals surface area contributed by atoms with Gasteiger partial charge in [-0.25, -0.2) is 10.2 Å². The Morgan fingerprint density at radius 3 is 2.69 bits per heavy atom. The van der Waals surface area contributed by atoms with E-state index in [0.717, 1.165) is 17.7 Å². The first-order valence-electron chi connectivity index (χ1n) is 9.59. The van der Waals surface area contributed by atoms with E-state index < -0.39 is 11.2 Å². The molecule has 8 nitrogen and oxygen atoms in total. The van der Waals surface area contributed by atoms with Crippen molar-refractivity contribution < 1.29 is 0 Å². The molecule has 0 saturated carbocycles. The van der Waals surface area contributed by atoms with E-state index in [4.69, 9.17) is 0 Å². The van der Waals surface area contributed by atoms with Gasteiger partial charge in [0.05, 0.1) is 5.71 Å². The third-order valence-corrected chi connectivity index (χ3v) is 4.59. The fourth-order valence-corrected chi connectivity index (χ4v) is 2.88. The van der Waals surface area contributed by atoms with Crippen LogP contribution in [0.1, 0.15) is 32.8 Å². The molecule has 152 valence electrons. The van der Waals surface area contributed by atoms with Gasteiger partial charge in [0.2, 0.25) is 5.95 Å². The number of nitrogens with zero attached hydrogens (tertiary/aromatic N) is 4. The van der Waals surface area contributed by atoms with Gasteiger partial charge in [-0.05, 0) is 30.9 Å². The van der Waals surface area contributed by atoms with Gasteiger partial charge in [0.1, 0.15) is 0 Å². The van der Waals surface area contributed by atoms with E-state index in [-0.39, 0.29) is 0 Å². The van der Waals surface area contributed by atoms with Gasteiger partial charge < -0.3 is 4.57 Å². The Balaban J connectivity index is 1.95. The van der Waals surface area contributed by atoms with Gasteiger partial charge in [-0.3, -0.25) is 14.3 Å². The minimum Gasteiger partial charge on any atom is -0.303 e. The number of aromatic nitrogens is 4. The lowest BCUT2D eigenvalue weighted by Gasteiger charge is -2.10. The molecule has 2 heterocycles. The number of imidazole rings is 1. The first-order valence-corrected chi connectivity index (χ1v) is 9.59. The molecule has 0 amide bonds. The van der Waals surface area contributed by atoms with E-state index in [1.165, 1.54) is 4.57 Å². The summed E-state index contributed by atoms with van der Waals surface area (Å²) in [5.41, 5.74) is 4.54. The van der Waals surface area contributed by atoms with Crippen LogP contribution in [0.4, 0.5) is 5.95 Å². The molecule has 0 aliphatic carbocycles. The predicted molar refractivity (Wildman–Crippen MR) is 117 cm³/mol. The Labute approximate surface area is 168 Å². The Morgan fingerprint density at radius 1 is 1.28 bits per heavy atom. The molecular formula is C21H26N6O2. The lowest BCUT2D eigenvalue weighted by atomic mass is 10.1. The number of aromatic amines is 1. The molecule has 29 heavy (non-hydrogen) atoms. The summed E-state index contributed by atoms with van der Waals surface area (Å²) in [5, 5.41) is 4.37. The van der Waals surface area contributed by atoms with Crippen molar-refractivity contribution >= 4 is 28.9 Å². The van der Waals surface area contributed by atoms with Gasteiger partial charge >= 0.3 is 5.69 Å². The zero-order valence-electron chi connectivity index (χ0n) is 17.1. The van der Waals surface area contributed by atoms with Gasteiger partial charge in [0.15, 0.2) is 11.2 Å². The number of hydrogen-bond acceptors (Lipinski definition) is 5. The molecule has 3 aromatic rings. The van der Waals surface area contributed by atoms with Gasteiger partial charge in [-0.2, -0.15) is 10.1 Å². The van der Waals surface area contributed by atoms with E-state index in [9.17, 15) is 9.59 Å². The lowest BCUT2D eigenvalue weighted by Crippen LogP contribution is -2.29. The molecular weight excluding hydrogens is 368 g/mol. The Hall–Kier alpha value is -3.42. The summed E-state index contributed by atoms with van der Waals surface area (Å²) < 4.78 is 3.12. The monoisotopic (exact) mass is 394 g/mol. The molecule has 2 aromatic heterocycles. The highest BCUT2D eigenvalue weighted by molar-refractivity contribution is 5.96. The van der Waals surface area contributed by atoms with E-state index >= 15 is 0 Å². The average molecular weight is 394 g/mol. The van der Waals surface area contributed by atoms with Crippen LogP contribution in [0.3, 0.4) is 0 Å². The molecule has 0 fully saturated rings. The Kier molecular flexibility index (Phi) is 6.11.